The van der Waals surface area contributed by atoms with Gasteiger partial charge in [0.05, 0.1) is 19.3 Å². The summed E-state index contributed by atoms with van der Waals surface area (Å²) in [7, 11) is 3.37. The van der Waals surface area contributed by atoms with Crippen LogP contribution >= 0.6 is 0 Å². The highest BCUT2D eigenvalue weighted by Gasteiger charge is 2.29. The number of nitrogens with zero attached hydrogens (tertiary/aromatic N) is 1. The van der Waals surface area contributed by atoms with Gasteiger partial charge in [-0.15, -0.1) is 0 Å². The topological polar surface area (TPSA) is 72.5 Å². The minimum Gasteiger partial charge on any atom is -0.377 e. The number of amides is 1. The maximum absolute atomic E-state index is 12.1. The van der Waals surface area contributed by atoms with E-state index in [9.17, 15) is 4.79 Å². The summed E-state index contributed by atoms with van der Waals surface area (Å²) in [5.41, 5.74) is 0.566. The van der Waals surface area contributed by atoms with Gasteiger partial charge in [-0.3, -0.25) is 4.79 Å². The lowest BCUT2D eigenvalue weighted by Crippen LogP contribution is -2.43. The van der Waals surface area contributed by atoms with Crippen LogP contribution in [0.15, 0.2) is 18.3 Å². The number of carbonyl (C=O) groups excluding carboxylic acids is 1. The average molecular weight is 251 g/mol. The summed E-state index contributed by atoms with van der Waals surface area (Å²) in [4.78, 5) is 16.1. The van der Waals surface area contributed by atoms with Crippen molar-refractivity contribution in [2.75, 3.05) is 32.7 Å². The van der Waals surface area contributed by atoms with Gasteiger partial charge >= 0.3 is 0 Å². The standard InChI is InChI=1S/C12H17N3O3/c1-13-11-5-8(3-4-14-11)12(16)15-9-6-18-7-10(9)17-2/h3-5,9-10H,6-7H2,1-2H3,(H,13,14)(H,15,16)/t9-,10-/m0/s1. The Morgan fingerprint density at radius 3 is 3.11 bits per heavy atom. The molecular weight excluding hydrogens is 234 g/mol. The fourth-order valence-electron chi connectivity index (χ4n) is 1.86. The number of aromatic nitrogens is 1. The maximum Gasteiger partial charge on any atom is 0.251 e. The molecule has 2 heterocycles. The van der Waals surface area contributed by atoms with E-state index in [1.54, 1.807) is 32.5 Å². The van der Waals surface area contributed by atoms with Crippen LogP contribution < -0.4 is 10.6 Å². The van der Waals surface area contributed by atoms with E-state index in [-0.39, 0.29) is 18.1 Å². The van der Waals surface area contributed by atoms with Crippen molar-refractivity contribution in [3.63, 3.8) is 0 Å². The number of carbonyl (C=O) groups is 1. The van der Waals surface area contributed by atoms with Gasteiger partial charge in [-0.05, 0) is 12.1 Å². The zero-order valence-corrected chi connectivity index (χ0v) is 10.5. The minimum atomic E-state index is -0.147. The molecule has 0 aliphatic carbocycles. The number of nitrogens with one attached hydrogen (secondary N) is 2. The van der Waals surface area contributed by atoms with Gasteiger partial charge in [0.15, 0.2) is 0 Å². The molecule has 1 fully saturated rings. The fourth-order valence-corrected chi connectivity index (χ4v) is 1.86. The van der Waals surface area contributed by atoms with Crippen molar-refractivity contribution in [1.82, 2.24) is 10.3 Å². The highest BCUT2D eigenvalue weighted by Crippen LogP contribution is 2.11. The highest BCUT2D eigenvalue weighted by atomic mass is 16.5. The summed E-state index contributed by atoms with van der Waals surface area (Å²) in [6.07, 6.45) is 1.51. The summed E-state index contributed by atoms with van der Waals surface area (Å²) in [6, 6.07) is 3.27. The Kier molecular flexibility index (Phi) is 4.11. The van der Waals surface area contributed by atoms with E-state index in [4.69, 9.17) is 9.47 Å². The van der Waals surface area contributed by atoms with Crippen LogP contribution in [0.3, 0.4) is 0 Å². The number of ether oxygens (including phenoxy) is 2. The molecule has 0 spiro atoms. The number of rotatable bonds is 4. The van der Waals surface area contributed by atoms with E-state index in [2.05, 4.69) is 15.6 Å². The third-order valence-electron chi connectivity index (χ3n) is 2.93. The molecular formula is C12H17N3O3. The zero-order chi connectivity index (χ0) is 13.0. The first kappa shape index (κ1) is 12.8. The number of hydrogen-bond donors (Lipinski definition) is 2. The smallest absolute Gasteiger partial charge is 0.251 e. The number of methoxy groups -OCH3 is 1. The molecule has 6 heteroatoms. The first-order valence-electron chi connectivity index (χ1n) is 5.80. The van der Waals surface area contributed by atoms with Gasteiger partial charge < -0.3 is 20.1 Å². The highest BCUT2D eigenvalue weighted by molar-refractivity contribution is 5.95. The molecule has 1 aromatic rings. The van der Waals surface area contributed by atoms with Crippen LogP contribution in [0.4, 0.5) is 5.82 Å². The molecule has 18 heavy (non-hydrogen) atoms. The van der Waals surface area contributed by atoms with Gasteiger partial charge in [0, 0.05) is 25.9 Å². The molecule has 0 radical (unpaired) electrons. The van der Waals surface area contributed by atoms with Gasteiger partial charge in [-0.25, -0.2) is 4.98 Å². The van der Waals surface area contributed by atoms with E-state index in [0.717, 1.165) is 0 Å². The van der Waals surface area contributed by atoms with Gasteiger partial charge in [0.25, 0.3) is 5.91 Å². The van der Waals surface area contributed by atoms with Gasteiger partial charge in [0.1, 0.15) is 11.9 Å². The molecule has 1 amide bonds. The van der Waals surface area contributed by atoms with E-state index in [1.165, 1.54) is 0 Å². The van der Waals surface area contributed by atoms with Crippen molar-refractivity contribution in [3.8, 4) is 0 Å². The zero-order valence-electron chi connectivity index (χ0n) is 10.5. The average Bonchev–Trinajstić information content (AvgIpc) is 2.86. The van der Waals surface area contributed by atoms with Gasteiger partial charge in [0.2, 0.25) is 0 Å². The van der Waals surface area contributed by atoms with E-state index < -0.39 is 0 Å². The Balaban J connectivity index is 2.02. The largest absolute Gasteiger partial charge is 0.377 e. The first-order valence-corrected chi connectivity index (χ1v) is 5.80. The van der Waals surface area contributed by atoms with Crippen LogP contribution in [-0.4, -0.2) is 50.4 Å². The van der Waals surface area contributed by atoms with Crippen LogP contribution in [0.2, 0.25) is 0 Å². The third-order valence-corrected chi connectivity index (χ3v) is 2.93. The van der Waals surface area contributed by atoms with Crippen molar-refractivity contribution < 1.29 is 14.3 Å². The molecule has 1 saturated heterocycles. The van der Waals surface area contributed by atoms with Crippen LogP contribution in [-0.2, 0) is 9.47 Å². The molecule has 0 saturated carbocycles. The number of anilines is 1. The van der Waals surface area contributed by atoms with Crippen molar-refractivity contribution in [3.05, 3.63) is 23.9 Å². The molecule has 0 unspecified atom stereocenters. The number of hydrogen-bond acceptors (Lipinski definition) is 5. The van der Waals surface area contributed by atoms with Crippen molar-refractivity contribution in [2.45, 2.75) is 12.1 Å². The molecule has 1 aliphatic heterocycles. The maximum atomic E-state index is 12.1. The fraction of sp³-hybridized carbons (Fsp3) is 0.500. The Hall–Kier alpha value is -1.66. The third kappa shape index (κ3) is 2.77. The molecule has 2 N–H and O–H groups in total. The van der Waals surface area contributed by atoms with Crippen molar-refractivity contribution in [2.24, 2.45) is 0 Å². The lowest BCUT2D eigenvalue weighted by molar-refractivity contribution is 0.0685. The summed E-state index contributed by atoms with van der Waals surface area (Å²) >= 11 is 0. The second kappa shape index (κ2) is 5.79. The summed E-state index contributed by atoms with van der Waals surface area (Å²) in [5, 5.41) is 5.80. The molecule has 2 atom stereocenters. The Labute approximate surface area is 106 Å². The molecule has 1 aliphatic rings. The second-order valence-corrected chi connectivity index (χ2v) is 4.07. The summed E-state index contributed by atoms with van der Waals surface area (Å²) < 4.78 is 10.5. The molecule has 0 bridgehead atoms. The Morgan fingerprint density at radius 1 is 1.56 bits per heavy atom. The monoisotopic (exact) mass is 251 g/mol. The molecule has 98 valence electrons. The van der Waals surface area contributed by atoms with Gasteiger partial charge in [-0.2, -0.15) is 0 Å². The predicted molar refractivity (Wildman–Crippen MR) is 66.7 cm³/mol. The quantitative estimate of drug-likeness (QED) is 0.803. The summed E-state index contributed by atoms with van der Waals surface area (Å²) in [6.45, 7) is 0.994. The van der Waals surface area contributed by atoms with E-state index in [1.807, 2.05) is 0 Å². The Morgan fingerprint density at radius 2 is 2.39 bits per heavy atom. The van der Waals surface area contributed by atoms with Crippen molar-refractivity contribution in [1.29, 1.82) is 0 Å². The van der Waals surface area contributed by atoms with E-state index in [0.29, 0.717) is 24.6 Å². The molecule has 6 nitrogen and oxygen atoms in total. The lowest BCUT2D eigenvalue weighted by Gasteiger charge is -2.17. The minimum absolute atomic E-state index is 0.0837. The van der Waals surface area contributed by atoms with Crippen LogP contribution in [0, 0.1) is 0 Å². The predicted octanol–water partition coefficient (Wildman–Crippen LogP) is 0.267. The van der Waals surface area contributed by atoms with Crippen LogP contribution in [0.25, 0.3) is 0 Å². The van der Waals surface area contributed by atoms with Crippen LogP contribution in [0.5, 0.6) is 0 Å². The Bertz CT molecular complexity index is 425. The first-order chi connectivity index (χ1) is 8.74. The van der Waals surface area contributed by atoms with Gasteiger partial charge in [-0.1, -0.05) is 0 Å². The normalized spacial score (nSPS) is 22.8. The van der Waals surface area contributed by atoms with Crippen molar-refractivity contribution >= 4 is 11.7 Å². The molecule has 2 rings (SSSR count). The second-order valence-electron chi connectivity index (χ2n) is 4.07. The van der Waals surface area contributed by atoms with Crippen LogP contribution in [0.1, 0.15) is 10.4 Å². The lowest BCUT2D eigenvalue weighted by atomic mass is 10.2. The molecule has 1 aromatic heterocycles. The SMILES string of the molecule is CNc1cc(C(=O)N[C@H]2COC[C@@H]2OC)ccn1. The van der Waals surface area contributed by atoms with E-state index >= 15 is 0 Å². The summed E-state index contributed by atoms with van der Waals surface area (Å²) in [5.74, 6) is 0.514. The molecule has 0 aromatic carbocycles. The number of pyridine rings is 1.